The summed E-state index contributed by atoms with van der Waals surface area (Å²) in [6.07, 6.45) is 8.24. The molecule has 11 heavy (non-hydrogen) atoms. The highest BCUT2D eigenvalue weighted by Gasteiger charge is 2.03. The lowest BCUT2D eigenvalue weighted by molar-refractivity contribution is 0.436. The molecule has 0 N–H and O–H groups in total. The molecule has 0 nitrogen and oxygen atoms in total. The number of thiol groups is 1. The fourth-order valence-electron chi connectivity index (χ4n) is 1.42. The molecule has 0 aliphatic heterocycles. The zero-order valence-corrected chi connectivity index (χ0v) is 8.87. The van der Waals surface area contributed by atoms with E-state index in [1.54, 1.807) is 0 Å². The molecule has 0 aliphatic rings. The monoisotopic (exact) mass is 174 g/mol. The van der Waals surface area contributed by atoms with Crippen molar-refractivity contribution in [2.45, 2.75) is 52.4 Å². The van der Waals surface area contributed by atoms with Gasteiger partial charge < -0.3 is 0 Å². The molecule has 0 rings (SSSR count). The van der Waals surface area contributed by atoms with Crippen molar-refractivity contribution in [1.82, 2.24) is 0 Å². The van der Waals surface area contributed by atoms with E-state index >= 15 is 0 Å². The predicted molar refractivity (Wildman–Crippen MR) is 56.4 cm³/mol. The maximum Gasteiger partial charge on any atom is -0.00953 e. The van der Waals surface area contributed by atoms with Crippen molar-refractivity contribution in [2.24, 2.45) is 5.92 Å². The molecule has 0 fully saturated rings. The Morgan fingerprint density at radius 1 is 1.09 bits per heavy atom. The summed E-state index contributed by atoms with van der Waals surface area (Å²) in [5.74, 6) is 2.00. The minimum absolute atomic E-state index is 0.944. The number of unbranched alkanes of at least 4 members (excludes halogenated alkanes) is 2. The van der Waals surface area contributed by atoms with Gasteiger partial charge >= 0.3 is 0 Å². The van der Waals surface area contributed by atoms with Crippen molar-refractivity contribution in [3.8, 4) is 0 Å². The highest BCUT2D eigenvalue weighted by Crippen LogP contribution is 2.17. The number of hydrogen-bond acceptors (Lipinski definition) is 1. The van der Waals surface area contributed by atoms with Crippen molar-refractivity contribution < 1.29 is 0 Å². The standard InChI is InChI=1S/C10H22S/c1-3-5-6-7-10(4-2)8-9-11/h10-11H,3-9H2,1-2H3. The van der Waals surface area contributed by atoms with Crippen LogP contribution in [0.5, 0.6) is 0 Å². The molecule has 0 heterocycles. The minimum atomic E-state index is 0.944. The van der Waals surface area contributed by atoms with E-state index in [1.165, 1.54) is 38.5 Å². The summed E-state index contributed by atoms with van der Waals surface area (Å²) >= 11 is 4.26. The molecule has 0 aromatic heterocycles. The van der Waals surface area contributed by atoms with Crippen LogP contribution in [0, 0.1) is 5.92 Å². The summed E-state index contributed by atoms with van der Waals surface area (Å²) in [7, 11) is 0. The van der Waals surface area contributed by atoms with Crippen LogP contribution < -0.4 is 0 Å². The molecule has 0 radical (unpaired) electrons. The quantitative estimate of drug-likeness (QED) is 0.439. The first-order chi connectivity index (χ1) is 5.35. The highest BCUT2D eigenvalue weighted by atomic mass is 32.1. The Morgan fingerprint density at radius 2 is 1.82 bits per heavy atom. The van der Waals surface area contributed by atoms with Gasteiger partial charge in [0.05, 0.1) is 0 Å². The van der Waals surface area contributed by atoms with Crippen LogP contribution in [0.4, 0.5) is 0 Å². The molecule has 0 aromatic rings. The SMILES string of the molecule is CCCCCC(CC)CCS. The van der Waals surface area contributed by atoms with Gasteiger partial charge in [-0.1, -0.05) is 46.0 Å². The van der Waals surface area contributed by atoms with E-state index in [2.05, 4.69) is 26.5 Å². The third-order valence-corrected chi connectivity index (χ3v) is 2.59. The predicted octanol–water partition coefficient (Wildman–Crippen LogP) is 3.91. The number of hydrogen-bond donors (Lipinski definition) is 1. The largest absolute Gasteiger partial charge is 0.179 e. The van der Waals surface area contributed by atoms with Crippen LogP contribution in [0.15, 0.2) is 0 Å². The number of rotatable bonds is 7. The average Bonchev–Trinajstić information content (AvgIpc) is 2.03. The van der Waals surface area contributed by atoms with Gasteiger partial charge in [-0.25, -0.2) is 0 Å². The molecule has 0 spiro atoms. The van der Waals surface area contributed by atoms with E-state index in [-0.39, 0.29) is 0 Å². The lowest BCUT2D eigenvalue weighted by Crippen LogP contribution is -1.99. The summed E-state index contributed by atoms with van der Waals surface area (Å²) in [4.78, 5) is 0. The van der Waals surface area contributed by atoms with Crippen LogP contribution in [0.2, 0.25) is 0 Å². The lowest BCUT2D eigenvalue weighted by Gasteiger charge is -2.12. The molecular weight excluding hydrogens is 152 g/mol. The Bertz CT molecular complexity index is 71.3. The molecule has 0 saturated heterocycles. The summed E-state index contributed by atoms with van der Waals surface area (Å²) in [6.45, 7) is 4.56. The first kappa shape index (κ1) is 11.4. The smallest absolute Gasteiger partial charge is 0.00953 e. The molecule has 68 valence electrons. The molecule has 0 amide bonds. The van der Waals surface area contributed by atoms with E-state index in [0.29, 0.717) is 0 Å². The van der Waals surface area contributed by atoms with E-state index < -0.39 is 0 Å². The molecule has 1 atom stereocenters. The average molecular weight is 174 g/mol. The minimum Gasteiger partial charge on any atom is -0.179 e. The zero-order valence-electron chi connectivity index (χ0n) is 7.97. The summed E-state index contributed by atoms with van der Waals surface area (Å²) in [5, 5.41) is 0. The molecule has 1 heteroatoms. The second-order valence-corrected chi connectivity index (χ2v) is 3.73. The first-order valence-corrected chi connectivity index (χ1v) is 5.59. The van der Waals surface area contributed by atoms with Gasteiger partial charge in [0.1, 0.15) is 0 Å². The van der Waals surface area contributed by atoms with Crippen molar-refractivity contribution >= 4 is 12.6 Å². The fourth-order valence-corrected chi connectivity index (χ4v) is 1.78. The Labute approximate surface area is 77.2 Å². The van der Waals surface area contributed by atoms with Crippen molar-refractivity contribution in [3.05, 3.63) is 0 Å². The summed E-state index contributed by atoms with van der Waals surface area (Å²) in [6, 6.07) is 0. The second kappa shape index (κ2) is 8.45. The van der Waals surface area contributed by atoms with E-state index in [1.807, 2.05) is 0 Å². The molecule has 0 bridgehead atoms. The third kappa shape index (κ3) is 6.74. The first-order valence-electron chi connectivity index (χ1n) is 4.96. The molecule has 1 unspecified atom stereocenters. The Balaban J connectivity index is 3.20. The van der Waals surface area contributed by atoms with Gasteiger partial charge in [-0.2, -0.15) is 12.6 Å². The maximum atomic E-state index is 4.26. The fraction of sp³-hybridized carbons (Fsp3) is 1.00. The van der Waals surface area contributed by atoms with Crippen molar-refractivity contribution in [2.75, 3.05) is 5.75 Å². The maximum absolute atomic E-state index is 4.26. The van der Waals surface area contributed by atoms with E-state index in [4.69, 9.17) is 0 Å². The molecule has 0 saturated carbocycles. The third-order valence-electron chi connectivity index (χ3n) is 2.33. The van der Waals surface area contributed by atoms with Crippen LogP contribution in [0.25, 0.3) is 0 Å². The second-order valence-electron chi connectivity index (χ2n) is 3.28. The molecule has 0 aromatic carbocycles. The van der Waals surface area contributed by atoms with Crippen LogP contribution in [0.3, 0.4) is 0 Å². The van der Waals surface area contributed by atoms with E-state index in [9.17, 15) is 0 Å². The van der Waals surface area contributed by atoms with Crippen LogP contribution >= 0.6 is 12.6 Å². The van der Waals surface area contributed by atoms with Gasteiger partial charge in [-0.3, -0.25) is 0 Å². The normalized spacial score (nSPS) is 13.4. The molecular formula is C10H22S. The summed E-state index contributed by atoms with van der Waals surface area (Å²) in [5.41, 5.74) is 0. The highest BCUT2D eigenvalue weighted by molar-refractivity contribution is 7.80. The van der Waals surface area contributed by atoms with Gasteiger partial charge in [0.15, 0.2) is 0 Å². The van der Waals surface area contributed by atoms with Crippen molar-refractivity contribution in [1.29, 1.82) is 0 Å². The summed E-state index contributed by atoms with van der Waals surface area (Å²) < 4.78 is 0. The van der Waals surface area contributed by atoms with E-state index in [0.717, 1.165) is 11.7 Å². The Hall–Kier alpha value is 0.350. The molecule has 0 aliphatic carbocycles. The van der Waals surface area contributed by atoms with Gasteiger partial charge in [0.25, 0.3) is 0 Å². The zero-order chi connectivity index (χ0) is 8.53. The Kier molecular flexibility index (Phi) is 8.72. The van der Waals surface area contributed by atoms with Gasteiger partial charge in [0, 0.05) is 0 Å². The van der Waals surface area contributed by atoms with Crippen LogP contribution in [0.1, 0.15) is 52.4 Å². The van der Waals surface area contributed by atoms with Gasteiger partial charge in [-0.05, 0) is 18.1 Å². The van der Waals surface area contributed by atoms with Gasteiger partial charge in [-0.15, -0.1) is 0 Å². The Morgan fingerprint density at radius 3 is 2.27 bits per heavy atom. The lowest BCUT2D eigenvalue weighted by atomic mass is 9.96. The topological polar surface area (TPSA) is 0 Å². The van der Waals surface area contributed by atoms with Crippen LogP contribution in [-0.4, -0.2) is 5.75 Å². The van der Waals surface area contributed by atoms with Crippen LogP contribution in [-0.2, 0) is 0 Å². The van der Waals surface area contributed by atoms with Crippen molar-refractivity contribution in [3.63, 3.8) is 0 Å². The van der Waals surface area contributed by atoms with Gasteiger partial charge in [0.2, 0.25) is 0 Å².